The number of hydrogen-bond donors (Lipinski definition) is 0. The van der Waals surface area contributed by atoms with E-state index >= 15 is 0 Å². The van der Waals surface area contributed by atoms with E-state index in [-0.39, 0.29) is 0 Å². The van der Waals surface area contributed by atoms with Gasteiger partial charge in [-0.25, -0.2) is 0 Å². The van der Waals surface area contributed by atoms with Gasteiger partial charge in [0.05, 0.1) is 0 Å². The van der Waals surface area contributed by atoms with E-state index in [2.05, 4.69) is 9.24 Å². The molecule has 1 unspecified atom stereocenters. The number of fused-ring (bicyclic) bond motifs is 1. The van der Waals surface area contributed by atoms with Crippen molar-refractivity contribution < 1.29 is 4.42 Å². The summed E-state index contributed by atoms with van der Waals surface area (Å²) in [5.41, 5.74) is 1.91. The molecule has 64 valence electrons. The molecule has 1 aromatic heterocycles. The summed E-state index contributed by atoms with van der Waals surface area (Å²) in [4.78, 5) is 0. The minimum atomic E-state index is 0.365. The second-order valence-electron chi connectivity index (χ2n) is 2.99. The quantitative estimate of drug-likeness (QED) is 0.595. The summed E-state index contributed by atoms with van der Waals surface area (Å²) in [6, 6.07) is 7.73. The standard InChI is InChI=1S/C10H8NOP/c1-6-2-9-8(10(13)3-6)4-7(5-11)12-9/h2-4H,13H2,1H3. The van der Waals surface area contributed by atoms with Crippen molar-refractivity contribution in [2.75, 3.05) is 0 Å². The van der Waals surface area contributed by atoms with Crippen LogP contribution in [0, 0.1) is 18.3 Å². The van der Waals surface area contributed by atoms with Gasteiger partial charge in [0, 0.05) is 11.5 Å². The smallest absolute Gasteiger partial charge is 0.204 e. The minimum Gasteiger partial charge on any atom is -0.446 e. The number of aryl methyl sites for hydroxylation is 1. The molecule has 2 rings (SSSR count). The van der Waals surface area contributed by atoms with Crippen molar-refractivity contribution >= 4 is 25.5 Å². The van der Waals surface area contributed by atoms with E-state index < -0.39 is 0 Å². The Balaban J connectivity index is 2.84. The molecule has 0 saturated carbocycles. The molecule has 0 aliphatic carbocycles. The molecule has 13 heavy (non-hydrogen) atoms. The molecule has 0 bridgehead atoms. The molecular formula is C10H8NOP. The molecule has 0 amide bonds. The zero-order chi connectivity index (χ0) is 9.42. The van der Waals surface area contributed by atoms with E-state index in [1.54, 1.807) is 6.07 Å². The summed E-state index contributed by atoms with van der Waals surface area (Å²) in [5, 5.41) is 10.7. The number of nitrogens with zero attached hydrogens (tertiary/aromatic N) is 1. The van der Waals surface area contributed by atoms with Crippen LogP contribution in [0.3, 0.4) is 0 Å². The summed E-state index contributed by atoms with van der Waals surface area (Å²) in [6.07, 6.45) is 0. The van der Waals surface area contributed by atoms with Gasteiger partial charge in [-0.1, -0.05) is 6.07 Å². The maximum absolute atomic E-state index is 8.65. The Bertz CT molecular complexity index is 507. The van der Waals surface area contributed by atoms with Crippen molar-refractivity contribution in [1.82, 2.24) is 0 Å². The molecular weight excluding hydrogens is 181 g/mol. The van der Waals surface area contributed by atoms with Gasteiger partial charge in [-0.15, -0.1) is 9.24 Å². The first kappa shape index (κ1) is 8.29. The number of rotatable bonds is 0. The van der Waals surface area contributed by atoms with Crippen molar-refractivity contribution in [3.63, 3.8) is 0 Å². The van der Waals surface area contributed by atoms with Crippen LogP contribution in [0.15, 0.2) is 22.6 Å². The number of hydrogen-bond acceptors (Lipinski definition) is 2. The lowest BCUT2D eigenvalue weighted by Gasteiger charge is -1.95. The summed E-state index contributed by atoms with van der Waals surface area (Å²) < 4.78 is 5.30. The monoisotopic (exact) mass is 189 g/mol. The van der Waals surface area contributed by atoms with Gasteiger partial charge < -0.3 is 4.42 Å². The molecule has 2 aromatic rings. The summed E-state index contributed by atoms with van der Waals surface area (Å²) in [6.45, 7) is 2.00. The number of nitriles is 1. The second-order valence-corrected chi connectivity index (χ2v) is 3.61. The molecule has 0 saturated heterocycles. The van der Waals surface area contributed by atoms with E-state index in [1.165, 1.54) is 0 Å². The highest BCUT2D eigenvalue weighted by atomic mass is 31.0. The SMILES string of the molecule is Cc1cc(P)c2cc(C#N)oc2c1. The van der Waals surface area contributed by atoms with Gasteiger partial charge in [-0.2, -0.15) is 5.26 Å². The lowest BCUT2D eigenvalue weighted by molar-refractivity contribution is 0.599. The van der Waals surface area contributed by atoms with Gasteiger partial charge in [-0.05, 0) is 23.9 Å². The van der Waals surface area contributed by atoms with Crippen LogP contribution in [0.4, 0.5) is 0 Å². The third-order valence-electron chi connectivity index (χ3n) is 1.92. The third-order valence-corrected chi connectivity index (χ3v) is 2.40. The summed E-state index contributed by atoms with van der Waals surface area (Å²) in [7, 11) is 2.64. The first-order valence-corrected chi connectivity index (χ1v) is 4.48. The lowest BCUT2D eigenvalue weighted by Crippen LogP contribution is -1.91. The Morgan fingerprint density at radius 2 is 2.15 bits per heavy atom. The fourth-order valence-corrected chi connectivity index (χ4v) is 1.85. The first-order chi connectivity index (χ1) is 6.20. The highest BCUT2D eigenvalue weighted by Gasteiger charge is 2.05. The predicted molar refractivity (Wildman–Crippen MR) is 55.0 cm³/mol. The Hall–Kier alpha value is -1.32. The zero-order valence-electron chi connectivity index (χ0n) is 7.16. The van der Waals surface area contributed by atoms with E-state index in [0.29, 0.717) is 5.76 Å². The molecule has 0 N–H and O–H groups in total. The van der Waals surface area contributed by atoms with Crippen molar-refractivity contribution in [2.45, 2.75) is 6.92 Å². The fourth-order valence-electron chi connectivity index (χ4n) is 1.36. The average Bonchev–Trinajstić information content (AvgIpc) is 2.47. The van der Waals surface area contributed by atoms with Crippen LogP contribution in [-0.4, -0.2) is 0 Å². The van der Waals surface area contributed by atoms with Gasteiger partial charge in [0.25, 0.3) is 0 Å². The molecule has 0 radical (unpaired) electrons. The van der Waals surface area contributed by atoms with Crippen molar-refractivity contribution in [1.29, 1.82) is 5.26 Å². The van der Waals surface area contributed by atoms with Crippen LogP contribution in [0.2, 0.25) is 0 Å². The topological polar surface area (TPSA) is 36.9 Å². The van der Waals surface area contributed by atoms with E-state index in [0.717, 1.165) is 21.8 Å². The summed E-state index contributed by atoms with van der Waals surface area (Å²) >= 11 is 0. The molecule has 0 aliphatic rings. The molecule has 0 fully saturated rings. The van der Waals surface area contributed by atoms with Crippen molar-refractivity contribution in [2.24, 2.45) is 0 Å². The van der Waals surface area contributed by atoms with E-state index in [1.807, 2.05) is 25.1 Å². The van der Waals surface area contributed by atoms with Crippen molar-refractivity contribution in [3.05, 3.63) is 29.5 Å². The molecule has 2 nitrogen and oxygen atoms in total. The van der Waals surface area contributed by atoms with Gasteiger partial charge in [0.2, 0.25) is 5.76 Å². The van der Waals surface area contributed by atoms with Crippen molar-refractivity contribution in [3.8, 4) is 6.07 Å². The third kappa shape index (κ3) is 1.32. The highest BCUT2D eigenvalue weighted by Crippen LogP contribution is 2.19. The Morgan fingerprint density at radius 3 is 2.85 bits per heavy atom. The van der Waals surface area contributed by atoms with Gasteiger partial charge >= 0.3 is 0 Å². The normalized spacial score (nSPS) is 10.2. The van der Waals surface area contributed by atoms with E-state index in [4.69, 9.17) is 9.68 Å². The predicted octanol–water partition coefficient (Wildman–Crippen LogP) is 2.11. The molecule has 1 atom stereocenters. The maximum Gasteiger partial charge on any atom is 0.204 e. The lowest BCUT2D eigenvalue weighted by atomic mass is 10.2. The molecule has 1 aromatic carbocycles. The largest absolute Gasteiger partial charge is 0.446 e. The summed E-state index contributed by atoms with van der Waals surface area (Å²) in [5.74, 6) is 0.365. The zero-order valence-corrected chi connectivity index (χ0v) is 8.32. The van der Waals surface area contributed by atoms with Gasteiger partial charge in [0.1, 0.15) is 11.7 Å². The Kier molecular flexibility index (Phi) is 1.83. The fraction of sp³-hybridized carbons (Fsp3) is 0.100. The van der Waals surface area contributed by atoms with Crippen LogP contribution in [0.5, 0.6) is 0 Å². The van der Waals surface area contributed by atoms with Crippen LogP contribution >= 0.6 is 9.24 Å². The number of furan rings is 1. The number of benzene rings is 1. The minimum absolute atomic E-state index is 0.365. The van der Waals surface area contributed by atoms with Crippen LogP contribution in [-0.2, 0) is 0 Å². The maximum atomic E-state index is 8.65. The Labute approximate surface area is 78.4 Å². The molecule has 3 heteroatoms. The highest BCUT2D eigenvalue weighted by molar-refractivity contribution is 7.28. The van der Waals surface area contributed by atoms with Gasteiger partial charge in [-0.3, -0.25) is 0 Å². The van der Waals surface area contributed by atoms with Crippen LogP contribution in [0.25, 0.3) is 11.0 Å². The molecule has 0 aliphatic heterocycles. The Morgan fingerprint density at radius 1 is 1.38 bits per heavy atom. The molecule has 1 heterocycles. The average molecular weight is 189 g/mol. The van der Waals surface area contributed by atoms with Crippen LogP contribution in [0.1, 0.15) is 11.3 Å². The van der Waals surface area contributed by atoms with Crippen LogP contribution < -0.4 is 5.30 Å². The van der Waals surface area contributed by atoms with Gasteiger partial charge in [0.15, 0.2) is 0 Å². The van der Waals surface area contributed by atoms with E-state index in [9.17, 15) is 0 Å². The first-order valence-electron chi connectivity index (χ1n) is 3.90. The molecule has 0 spiro atoms. The second kappa shape index (κ2) is 2.87.